The topological polar surface area (TPSA) is 56.1 Å². The number of nitrogens with one attached hydrogen (secondary N) is 1. The van der Waals surface area contributed by atoms with Crippen LogP contribution < -0.4 is 10.2 Å². The summed E-state index contributed by atoms with van der Waals surface area (Å²) in [5.74, 6) is -0.522. The van der Waals surface area contributed by atoms with Gasteiger partial charge in [0.25, 0.3) is 5.91 Å². The number of carbonyl (C=O) groups is 1. The molecule has 0 atom stereocenters. The van der Waals surface area contributed by atoms with Crippen molar-refractivity contribution in [1.82, 2.24) is 0 Å². The first kappa shape index (κ1) is 16.4. The minimum Gasteiger partial charge on any atom is -0.346 e. The zero-order valence-electron chi connectivity index (χ0n) is 12.6. The molecule has 6 heteroatoms. The van der Waals surface area contributed by atoms with Gasteiger partial charge in [-0.05, 0) is 30.2 Å². The molecule has 0 spiro atoms. The first-order valence-electron chi connectivity index (χ1n) is 7.32. The number of carbonyl (C=O) groups excluding carboxylic acids is 1. The van der Waals surface area contributed by atoms with Crippen LogP contribution in [0.1, 0.15) is 5.56 Å². The van der Waals surface area contributed by atoms with E-state index in [9.17, 15) is 10.1 Å². The Morgan fingerprint density at radius 3 is 2.79 bits per heavy atom. The summed E-state index contributed by atoms with van der Waals surface area (Å²) in [4.78, 5) is 14.3. The molecule has 0 unspecified atom stereocenters. The highest BCUT2D eigenvalue weighted by molar-refractivity contribution is 6.44. The van der Waals surface area contributed by atoms with Crippen molar-refractivity contribution >= 4 is 40.5 Å². The molecule has 0 aliphatic carbocycles. The van der Waals surface area contributed by atoms with Gasteiger partial charge in [-0.25, -0.2) is 0 Å². The van der Waals surface area contributed by atoms with E-state index in [4.69, 9.17) is 23.2 Å². The highest BCUT2D eigenvalue weighted by Gasteiger charge is 2.19. The third-order valence-corrected chi connectivity index (χ3v) is 4.59. The molecule has 0 fully saturated rings. The molecular weight excluding hydrogens is 345 g/mol. The maximum atomic E-state index is 12.4. The molecule has 24 heavy (non-hydrogen) atoms. The minimum absolute atomic E-state index is 0.00254. The molecule has 1 aliphatic heterocycles. The number of amides is 1. The molecule has 120 valence electrons. The molecule has 2 aromatic rings. The Balaban J connectivity index is 1.83. The number of fused-ring (bicyclic) bond motifs is 1. The first-order valence-corrected chi connectivity index (χ1v) is 8.07. The molecule has 1 aliphatic rings. The normalized spacial score (nSPS) is 13.4. The van der Waals surface area contributed by atoms with Crippen LogP contribution in [-0.4, -0.2) is 12.5 Å². The average molecular weight is 358 g/mol. The van der Waals surface area contributed by atoms with Gasteiger partial charge in [0.1, 0.15) is 11.6 Å². The smallest absolute Gasteiger partial charge is 0.267 e. The minimum atomic E-state index is -0.522. The van der Waals surface area contributed by atoms with Crippen LogP contribution in [0.15, 0.2) is 54.2 Å². The molecular formula is C18H13Cl2N3O. The van der Waals surface area contributed by atoms with Crippen LogP contribution in [0.2, 0.25) is 10.0 Å². The third-order valence-electron chi connectivity index (χ3n) is 3.77. The lowest BCUT2D eigenvalue weighted by Gasteiger charge is -2.15. The van der Waals surface area contributed by atoms with E-state index in [0.29, 0.717) is 10.7 Å². The summed E-state index contributed by atoms with van der Waals surface area (Å²) < 4.78 is 0. The van der Waals surface area contributed by atoms with E-state index in [1.54, 1.807) is 24.4 Å². The lowest BCUT2D eigenvalue weighted by atomic mass is 10.2. The number of benzene rings is 2. The fourth-order valence-corrected chi connectivity index (χ4v) is 2.93. The van der Waals surface area contributed by atoms with Gasteiger partial charge in [0, 0.05) is 18.4 Å². The zero-order valence-corrected chi connectivity index (χ0v) is 14.1. The number of hydrogen-bond acceptors (Lipinski definition) is 3. The van der Waals surface area contributed by atoms with Gasteiger partial charge < -0.3 is 10.2 Å². The number of nitrogens with zero attached hydrogens (tertiary/aromatic N) is 2. The van der Waals surface area contributed by atoms with Crippen molar-refractivity contribution in [2.75, 3.05) is 16.8 Å². The van der Waals surface area contributed by atoms with Gasteiger partial charge in [-0.15, -0.1) is 0 Å². The fraction of sp³-hybridized carbons (Fsp3) is 0.111. The van der Waals surface area contributed by atoms with E-state index in [-0.39, 0.29) is 10.6 Å². The fourth-order valence-electron chi connectivity index (χ4n) is 2.58. The molecule has 0 bridgehead atoms. The number of halogens is 2. The number of nitriles is 1. The van der Waals surface area contributed by atoms with Crippen LogP contribution in [0.4, 0.5) is 11.4 Å². The van der Waals surface area contributed by atoms with Gasteiger partial charge in [0.05, 0.1) is 15.7 Å². The predicted molar refractivity (Wildman–Crippen MR) is 96.3 cm³/mol. The van der Waals surface area contributed by atoms with Crippen molar-refractivity contribution in [3.05, 3.63) is 69.8 Å². The monoisotopic (exact) mass is 357 g/mol. The Labute approximate surface area is 149 Å². The number of para-hydroxylation sites is 1. The Bertz CT molecular complexity index is 871. The van der Waals surface area contributed by atoms with Crippen molar-refractivity contribution in [2.45, 2.75) is 6.42 Å². The summed E-state index contributed by atoms with van der Waals surface area (Å²) in [6.07, 6.45) is 2.45. The highest BCUT2D eigenvalue weighted by Crippen LogP contribution is 2.30. The summed E-state index contributed by atoms with van der Waals surface area (Å²) in [7, 11) is 0. The lowest BCUT2D eigenvalue weighted by molar-refractivity contribution is -0.112. The molecule has 0 aromatic heterocycles. The molecule has 3 rings (SSSR count). The Morgan fingerprint density at radius 1 is 1.21 bits per heavy atom. The third kappa shape index (κ3) is 3.23. The molecule has 2 aromatic carbocycles. The summed E-state index contributed by atoms with van der Waals surface area (Å²) >= 11 is 12.0. The van der Waals surface area contributed by atoms with Gasteiger partial charge in [-0.1, -0.05) is 47.5 Å². The summed E-state index contributed by atoms with van der Waals surface area (Å²) in [5, 5.41) is 12.6. The number of anilines is 2. The summed E-state index contributed by atoms with van der Waals surface area (Å²) in [6, 6.07) is 14.8. The van der Waals surface area contributed by atoms with E-state index < -0.39 is 5.91 Å². The quantitative estimate of drug-likeness (QED) is 0.654. The SMILES string of the molecule is N#C/C(=C/N1CCc2ccccc21)C(=O)Nc1cccc(Cl)c1Cl. The van der Waals surface area contributed by atoms with Crippen LogP contribution in [0.25, 0.3) is 0 Å². The lowest BCUT2D eigenvalue weighted by Crippen LogP contribution is -2.19. The molecule has 1 heterocycles. The predicted octanol–water partition coefficient (Wildman–Crippen LogP) is 4.40. The largest absolute Gasteiger partial charge is 0.346 e. The van der Waals surface area contributed by atoms with Crippen molar-refractivity contribution in [3.63, 3.8) is 0 Å². The molecule has 0 radical (unpaired) electrons. The zero-order chi connectivity index (χ0) is 17.1. The average Bonchev–Trinajstić information content (AvgIpc) is 3.00. The van der Waals surface area contributed by atoms with Crippen LogP contribution >= 0.6 is 23.2 Å². The summed E-state index contributed by atoms with van der Waals surface area (Å²) in [5.41, 5.74) is 2.59. The van der Waals surface area contributed by atoms with E-state index in [1.807, 2.05) is 35.2 Å². The Morgan fingerprint density at radius 2 is 2.00 bits per heavy atom. The second kappa shape index (κ2) is 6.96. The Hall–Kier alpha value is -2.48. The van der Waals surface area contributed by atoms with Gasteiger partial charge >= 0.3 is 0 Å². The highest BCUT2D eigenvalue weighted by atomic mass is 35.5. The van der Waals surface area contributed by atoms with Crippen molar-refractivity contribution in [2.24, 2.45) is 0 Å². The van der Waals surface area contributed by atoms with Crippen LogP contribution in [0, 0.1) is 11.3 Å². The number of rotatable bonds is 3. The molecule has 0 saturated heterocycles. The second-order valence-electron chi connectivity index (χ2n) is 5.28. The van der Waals surface area contributed by atoms with Crippen molar-refractivity contribution in [3.8, 4) is 6.07 Å². The van der Waals surface area contributed by atoms with Crippen molar-refractivity contribution < 1.29 is 4.79 Å². The summed E-state index contributed by atoms with van der Waals surface area (Å²) in [6.45, 7) is 0.732. The van der Waals surface area contributed by atoms with Crippen LogP contribution in [0.5, 0.6) is 0 Å². The maximum Gasteiger partial charge on any atom is 0.267 e. The Kier molecular flexibility index (Phi) is 4.75. The molecule has 0 saturated carbocycles. The van der Waals surface area contributed by atoms with Crippen molar-refractivity contribution in [1.29, 1.82) is 5.26 Å². The van der Waals surface area contributed by atoms with Gasteiger partial charge in [-0.3, -0.25) is 4.79 Å². The first-order chi connectivity index (χ1) is 11.6. The standard InChI is InChI=1S/C18H13Cl2N3O/c19-14-5-3-6-15(17(14)20)22-18(24)13(10-21)11-23-9-8-12-4-1-2-7-16(12)23/h1-7,11H,8-9H2,(H,22,24)/b13-11-. The van der Waals surface area contributed by atoms with E-state index in [2.05, 4.69) is 5.32 Å². The molecule has 1 amide bonds. The van der Waals surface area contributed by atoms with E-state index in [0.717, 1.165) is 18.7 Å². The second-order valence-corrected chi connectivity index (χ2v) is 6.07. The van der Waals surface area contributed by atoms with Crippen LogP contribution in [0.3, 0.4) is 0 Å². The van der Waals surface area contributed by atoms with Gasteiger partial charge in [0.15, 0.2) is 0 Å². The van der Waals surface area contributed by atoms with E-state index >= 15 is 0 Å². The molecule has 4 nitrogen and oxygen atoms in total. The van der Waals surface area contributed by atoms with Gasteiger partial charge in [-0.2, -0.15) is 5.26 Å². The van der Waals surface area contributed by atoms with E-state index in [1.165, 1.54) is 5.56 Å². The van der Waals surface area contributed by atoms with Gasteiger partial charge in [0.2, 0.25) is 0 Å². The maximum absolute atomic E-state index is 12.4. The van der Waals surface area contributed by atoms with Crippen LogP contribution in [-0.2, 0) is 11.2 Å². The number of hydrogen-bond donors (Lipinski definition) is 1. The molecule has 1 N–H and O–H groups in total.